The van der Waals surface area contributed by atoms with E-state index in [9.17, 15) is 0 Å². The van der Waals surface area contributed by atoms with Gasteiger partial charge in [-0.05, 0) is 37.6 Å². The van der Waals surface area contributed by atoms with Crippen LogP contribution in [-0.2, 0) is 6.54 Å². The van der Waals surface area contributed by atoms with Crippen LogP contribution in [0, 0.1) is 13.8 Å². The summed E-state index contributed by atoms with van der Waals surface area (Å²) in [6.45, 7) is 4.52. The molecule has 3 aromatic rings. The van der Waals surface area contributed by atoms with Crippen molar-refractivity contribution in [1.82, 2.24) is 15.1 Å². The van der Waals surface area contributed by atoms with Crippen LogP contribution < -0.4 is 5.32 Å². The number of aryl methyl sites for hydroxylation is 2. The average molecular weight is 280 g/mol. The lowest BCUT2D eigenvalue weighted by atomic mass is 10.2. The van der Waals surface area contributed by atoms with Gasteiger partial charge < -0.3 is 9.84 Å². The van der Waals surface area contributed by atoms with Crippen LogP contribution in [0.3, 0.4) is 0 Å². The van der Waals surface area contributed by atoms with Crippen LogP contribution in [0.5, 0.6) is 0 Å². The topological polar surface area (TPSA) is 63.8 Å². The van der Waals surface area contributed by atoms with Gasteiger partial charge in [0.15, 0.2) is 0 Å². The Labute approximate surface area is 123 Å². The van der Waals surface area contributed by atoms with E-state index in [1.165, 1.54) is 5.56 Å². The van der Waals surface area contributed by atoms with E-state index >= 15 is 0 Å². The molecular weight excluding hydrogens is 264 g/mol. The molecule has 0 aliphatic heterocycles. The second kappa shape index (κ2) is 5.75. The molecule has 3 rings (SSSR count). The molecule has 0 aliphatic rings. The van der Waals surface area contributed by atoms with Gasteiger partial charge in [-0.2, -0.15) is 4.98 Å². The number of benzene rings is 1. The highest BCUT2D eigenvalue weighted by Crippen LogP contribution is 2.17. The predicted octanol–water partition coefficient (Wildman–Crippen LogP) is 3.36. The summed E-state index contributed by atoms with van der Waals surface area (Å²) >= 11 is 0. The van der Waals surface area contributed by atoms with Gasteiger partial charge in [-0.3, -0.25) is 4.98 Å². The quantitative estimate of drug-likeness (QED) is 0.794. The molecule has 0 bridgehead atoms. The Balaban J connectivity index is 1.71. The molecule has 0 atom stereocenters. The van der Waals surface area contributed by atoms with Gasteiger partial charge in [0.1, 0.15) is 5.69 Å². The fourth-order valence-electron chi connectivity index (χ4n) is 1.99. The van der Waals surface area contributed by atoms with Crippen molar-refractivity contribution in [3.05, 3.63) is 59.6 Å². The summed E-state index contributed by atoms with van der Waals surface area (Å²) in [5.74, 6) is 1.06. The summed E-state index contributed by atoms with van der Waals surface area (Å²) in [5, 5.41) is 7.24. The van der Waals surface area contributed by atoms with Gasteiger partial charge in [0.05, 0.1) is 6.54 Å². The van der Waals surface area contributed by atoms with Crippen molar-refractivity contribution in [2.75, 3.05) is 5.32 Å². The summed E-state index contributed by atoms with van der Waals surface area (Å²) in [5.41, 5.74) is 4.03. The van der Waals surface area contributed by atoms with Crippen molar-refractivity contribution in [1.29, 1.82) is 0 Å². The Bertz CT molecular complexity index is 734. The van der Waals surface area contributed by atoms with Crippen molar-refractivity contribution in [2.24, 2.45) is 0 Å². The number of nitrogens with zero attached hydrogens (tertiary/aromatic N) is 3. The molecule has 5 nitrogen and oxygen atoms in total. The summed E-state index contributed by atoms with van der Waals surface area (Å²) < 4.78 is 5.26. The van der Waals surface area contributed by atoms with Crippen molar-refractivity contribution in [3.63, 3.8) is 0 Å². The molecular formula is C16H16N4O. The van der Waals surface area contributed by atoms with E-state index < -0.39 is 0 Å². The van der Waals surface area contributed by atoms with Crippen LogP contribution in [0.4, 0.5) is 5.69 Å². The zero-order valence-electron chi connectivity index (χ0n) is 12.0. The second-order valence-corrected chi connectivity index (χ2v) is 4.90. The van der Waals surface area contributed by atoms with Gasteiger partial charge in [-0.25, -0.2) is 0 Å². The molecule has 0 saturated heterocycles. The number of nitrogens with one attached hydrogen (secondary N) is 1. The van der Waals surface area contributed by atoms with E-state index in [0.717, 1.165) is 16.9 Å². The molecule has 0 aliphatic carbocycles. The minimum absolute atomic E-state index is 0.488. The molecule has 0 amide bonds. The largest absolute Gasteiger partial charge is 0.376 e. The molecule has 1 N–H and O–H groups in total. The highest BCUT2D eigenvalue weighted by atomic mass is 16.5. The fourth-order valence-corrected chi connectivity index (χ4v) is 1.99. The molecule has 0 unspecified atom stereocenters. The Kier molecular flexibility index (Phi) is 3.64. The summed E-state index contributed by atoms with van der Waals surface area (Å²) in [6.07, 6.45) is 1.73. The lowest BCUT2D eigenvalue weighted by Gasteiger charge is -2.02. The van der Waals surface area contributed by atoms with Gasteiger partial charge in [0.25, 0.3) is 0 Å². The smallest absolute Gasteiger partial charge is 0.246 e. The Morgan fingerprint density at radius 3 is 2.67 bits per heavy atom. The monoisotopic (exact) mass is 280 g/mol. The van der Waals surface area contributed by atoms with Gasteiger partial charge in [0, 0.05) is 11.9 Å². The first-order valence-corrected chi connectivity index (χ1v) is 6.77. The minimum Gasteiger partial charge on any atom is -0.376 e. The molecule has 5 heteroatoms. The maximum absolute atomic E-state index is 5.26. The molecule has 1 aromatic carbocycles. The van der Waals surface area contributed by atoms with Crippen LogP contribution in [-0.4, -0.2) is 15.1 Å². The molecule has 0 fully saturated rings. The van der Waals surface area contributed by atoms with Crippen molar-refractivity contribution in [3.8, 4) is 11.5 Å². The number of hydrogen-bond acceptors (Lipinski definition) is 5. The Morgan fingerprint density at radius 2 is 1.90 bits per heavy atom. The number of anilines is 1. The third kappa shape index (κ3) is 3.08. The van der Waals surface area contributed by atoms with Crippen LogP contribution >= 0.6 is 0 Å². The second-order valence-electron chi connectivity index (χ2n) is 4.90. The molecule has 2 aromatic heterocycles. The zero-order chi connectivity index (χ0) is 14.7. The van der Waals surface area contributed by atoms with Crippen molar-refractivity contribution < 1.29 is 4.52 Å². The zero-order valence-corrected chi connectivity index (χ0v) is 12.0. The SMILES string of the molecule is Cc1ccc(NCc2nc(-c3ncccc3C)no2)cc1. The highest BCUT2D eigenvalue weighted by Gasteiger charge is 2.11. The molecule has 0 spiro atoms. The van der Waals surface area contributed by atoms with E-state index in [1.807, 2.05) is 31.2 Å². The standard InChI is InChI=1S/C16H16N4O/c1-11-5-7-13(8-6-11)18-10-14-19-16(20-21-14)15-12(2)4-3-9-17-15/h3-9,18H,10H2,1-2H3. The van der Waals surface area contributed by atoms with Crippen LogP contribution in [0.25, 0.3) is 11.5 Å². The third-order valence-corrected chi connectivity index (χ3v) is 3.18. The van der Waals surface area contributed by atoms with E-state index in [4.69, 9.17) is 4.52 Å². The minimum atomic E-state index is 0.488. The average Bonchev–Trinajstić information content (AvgIpc) is 2.96. The molecule has 0 radical (unpaired) electrons. The van der Waals surface area contributed by atoms with Crippen molar-refractivity contribution in [2.45, 2.75) is 20.4 Å². The molecule has 0 saturated carbocycles. The summed E-state index contributed by atoms with van der Waals surface area (Å²) in [7, 11) is 0. The first-order valence-electron chi connectivity index (χ1n) is 6.77. The van der Waals surface area contributed by atoms with Crippen LogP contribution in [0.15, 0.2) is 47.1 Å². The maximum atomic E-state index is 5.26. The lowest BCUT2D eigenvalue weighted by molar-refractivity contribution is 0.384. The number of aromatic nitrogens is 3. The fraction of sp³-hybridized carbons (Fsp3) is 0.188. The van der Waals surface area contributed by atoms with Crippen LogP contribution in [0.2, 0.25) is 0 Å². The molecule has 2 heterocycles. The van der Waals surface area contributed by atoms with E-state index in [2.05, 4.69) is 39.5 Å². The third-order valence-electron chi connectivity index (χ3n) is 3.18. The molecule has 21 heavy (non-hydrogen) atoms. The van der Waals surface area contributed by atoms with E-state index in [0.29, 0.717) is 18.3 Å². The lowest BCUT2D eigenvalue weighted by Crippen LogP contribution is -1.99. The van der Waals surface area contributed by atoms with E-state index in [1.54, 1.807) is 6.20 Å². The van der Waals surface area contributed by atoms with Gasteiger partial charge in [-0.1, -0.05) is 28.9 Å². The number of pyridine rings is 1. The normalized spacial score (nSPS) is 10.6. The number of rotatable bonds is 4. The Morgan fingerprint density at radius 1 is 1.10 bits per heavy atom. The predicted molar refractivity (Wildman–Crippen MR) is 80.8 cm³/mol. The summed E-state index contributed by atoms with van der Waals surface area (Å²) in [6, 6.07) is 12.0. The highest BCUT2D eigenvalue weighted by molar-refractivity contribution is 5.53. The first-order chi connectivity index (χ1) is 10.2. The number of hydrogen-bond donors (Lipinski definition) is 1. The van der Waals surface area contributed by atoms with Gasteiger partial charge in [0.2, 0.25) is 11.7 Å². The van der Waals surface area contributed by atoms with Crippen LogP contribution in [0.1, 0.15) is 17.0 Å². The maximum Gasteiger partial charge on any atom is 0.246 e. The van der Waals surface area contributed by atoms with E-state index in [-0.39, 0.29) is 0 Å². The molecule has 106 valence electrons. The van der Waals surface area contributed by atoms with Gasteiger partial charge in [-0.15, -0.1) is 0 Å². The first kappa shape index (κ1) is 13.3. The van der Waals surface area contributed by atoms with Gasteiger partial charge >= 0.3 is 0 Å². The summed E-state index contributed by atoms with van der Waals surface area (Å²) in [4.78, 5) is 8.66. The van der Waals surface area contributed by atoms with Crippen molar-refractivity contribution >= 4 is 5.69 Å². The Hall–Kier alpha value is -2.69.